The van der Waals surface area contributed by atoms with Gasteiger partial charge in [-0.25, -0.2) is 4.39 Å². The zero-order valence-electron chi connectivity index (χ0n) is 13.0. The normalized spacial score (nSPS) is 17.3. The van der Waals surface area contributed by atoms with Crippen LogP contribution in [0.3, 0.4) is 0 Å². The number of rotatable bonds is 1. The molecule has 2 aromatic heterocycles. The number of fused-ring (bicyclic) bond motifs is 4. The van der Waals surface area contributed by atoms with E-state index in [0.29, 0.717) is 0 Å². The van der Waals surface area contributed by atoms with Crippen LogP contribution < -0.4 is 5.32 Å². The molecule has 118 valence electrons. The molecule has 2 N–H and O–H groups in total. The van der Waals surface area contributed by atoms with Gasteiger partial charge in [0.2, 0.25) is 0 Å². The predicted octanol–water partition coefficient (Wildman–Crippen LogP) is 4.09. The molecule has 0 saturated carbocycles. The number of pyridine rings is 1. The van der Waals surface area contributed by atoms with Crippen LogP contribution in [-0.2, 0) is 6.42 Å². The summed E-state index contributed by atoms with van der Waals surface area (Å²) in [6, 6.07) is 17.2. The molecule has 24 heavy (non-hydrogen) atoms. The number of aromatic amines is 1. The Morgan fingerprint density at radius 2 is 1.96 bits per heavy atom. The van der Waals surface area contributed by atoms with Crippen molar-refractivity contribution in [3.63, 3.8) is 0 Å². The zero-order valence-corrected chi connectivity index (χ0v) is 13.0. The van der Waals surface area contributed by atoms with Gasteiger partial charge in [-0.3, -0.25) is 4.98 Å². The molecular weight excluding hydrogens is 301 g/mol. The van der Waals surface area contributed by atoms with Gasteiger partial charge in [0.1, 0.15) is 5.82 Å². The second-order valence-electron chi connectivity index (χ2n) is 6.27. The molecule has 1 aliphatic heterocycles. The minimum atomic E-state index is -0.191. The van der Waals surface area contributed by atoms with Gasteiger partial charge in [-0.1, -0.05) is 24.3 Å². The van der Waals surface area contributed by atoms with E-state index in [-0.39, 0.29) is 11.9 Å². The summed E-state index contributed by atoms with van der Waals surface area (Å²) in [6.07, 6.45) is 0.892. The summed E-state index contributed by atoms with van der Waals surface area (Å²) in [7, 11) is 0. The van der Waals surface area contributed by atoms with Gasteiger partial charge in [-0.05, 0) is 42.3 Å². The van der Waals surface area contributed by atoms with E-state index < -0.39 is 0 Å². The maximum absolute atomic E-state index is 13.6. The van der Waals surface area contributed by atoms with Gasteiger partial charge in [-0.2, -0.15) is 0 Å². The number of aromatic nitrogens is 2. The van der Waals surface area contributed by atoms with Gasteiger partial charge in [0, 0.05) is 28.5 Å². The molecule has 0 fully saturated rings. The highest BCUT2D eigenvalue weighted by Gasteiger charge is 2.26. The molecule has 0 radical (unpaired) electrons. The number of H-pyrrole nitrogens is 1. The Kier molecular flexibility index (Phi) is 2.94. The third-order valence-electron chi connectivity index (χ3n) is 4.83. The molecule has 0 amide bonds. The Morgan fingerprint density at radius 1 is 1.04 bits per heavy atom. The average Bonchev–Trinajstić information content (AvgIpc) is 2.99. The zero-order chi connectivity index (χ0) is 16.1. The van der Waals surface area contributed by atoms with Gasteiger partial charge in [0.25, 0.3) is 0 Å². The summed E-state index contributed by atoms with van der Waals surface area (Å²) in [4.78, 5) is 8.30. The van der Waals surface area contributed by atoms with Crippen LogP contribution >= 0.6 is 0 Å². The molecule has 0 bridgehead atoms. The van der Waals surface area contributed by atoms with Crippen molar-refractivity contribution in [1.82, 2.24) is 15.3 Å². The van der Waals surface area contributed by atoms with Crippen molar-refractivity contribution in [3.8, 4) is 0 Å². The molecule has 3 heterocycles. The molecule has 0 aliphatic carbocycles. The standard InChI is InChI=1S/C20H16FN3/c21-13-6-8-17-15(11-13)14-9-10-22-20(19(14)24-17)18-7-5-12-3-1-2-4-16(12)23-18/h1-8,11,20,22,24H,9-10H2. The molecule has 0 spiro atoms. The Balaban J connectivity index is 1.69. The fraction of sp³-hybridized carbons (Fsp3) is 0.150. The monoisotopic (exact) mass is 317 g/mol. The van der Waals surface area contributed by atoms with Crippen LogP contribution in [-0.4, -0.2) is 16.5 Å². The van der Waals surface area contributed by atoms with Crippen molar-refractivity contribution in [2.75, 3.05) is 6.54 Å². The van der Waals surface area contributed by atoms with Crippen LogP contribution in [0.15, 0.2) is 54.6 Å². The summed E-state index contributed by atoms with van der Waals surface area (Å²) >= 11 is 0. The van der Waals surface area contributed by atoms with Crippen molar-refractivity contribution < 1.29 is 4.39 Å². The highest BCUT2D eigenvalue weighted by atomic mass is 19.1. The fourth-order valence-electron chi connectivity index (χ4n) is 3.70. The maximum atomic E-state index is 13.6. The lowest BCUT2D eigenvalue weighted by Gasteiger charge is -2.24. The number of para-hydroxylation sites is 1. The molecule has 0 saturated heterocycles. The van der Waals surface area contributed by atoms with Crippen LogP contribution in [0, 0.1) is 5.82 Å². The Bertz CT molecular complexity index is 1070. The second-order valence-corrected chi connectivity index (χ2v) is 6.27. The van der Waals surface area contributed by atoms with Gasteiger partial charge in [-0.15, -0.1) is 0 Å². The highest BCUT2D eigenvalue weighted by Crippen LogP contribution is 2.33. The number of nitrogens with zero attached hydrogens (tertiary/aromatic N) is 1. The Morgan fingerprint density at radius 3 is 2.92 bits per heavy atom. The van der Waals surface area contributed by atoms with Crippen molar-refractivity contribution in [3.05, 3.63) is 77.4 Å². The quantitative estimate of drug-likeness (QED) is 0.555. The van der Waals surface area contributed by atoms with Gasteiger partial charge in [0.05, 0.1) is 17.3 Å². The highest BCUT2D eigenvalue weighted by molar-refractivity contribution is 5.85. The molecule has 1 aliphatic rings. The van der Waals surface area contributed by atoms with Gasteiger partial charge < -0.3 is 10.3 Å². The number of halogens is 1. The number of hydrogen-bond acceptors (Lipinski definition) is 2. The van der Waals surface area contributed by atoms with E-state index in [9.17, 15) is 4.39 Å². The van der Waals surface area contributed by atoms with E-state index in [1.54, 1.807) is 6.07 Å². The van der Waals surface area contributed by atoms with Crippen LogP contribution in [0.2, 0.25) is 0 Å². The second kappa shape index (κ2) is 5.14. The molecule has 3 nitrogen and oxygen atoms in total. The Labute approximate surface area is 138 Å². The van der Waals surface area contributed by atoms with Crippen LogP contribution in [0.4, 0.5) is 4.39 Å². The summed E-state index contributed by atoms with van der Waals surface area (Å²) in [5, 5.41) is 5.66. The topological polar surface area (TPSA) is 40.7 Å². The van der Waals surface area contributed by atoms with E-state index in [1.165, 1.54) is 11.6 Å². The Hall–Kier alpha value is -2.72. The number of benzene rings is 2. The summed E-state index contributed by atoms with van der Waals surface area (Å²) < 4.78 is 13.6. The third-order valence-corrected chi connectivity index (χ3v) is 4.83. The lowest BCUT2D eigenvalue weighted by Crippen LogP contribution is -2.31. The first-order valence-electron chi connectivity index (χ1n) is 8.19. The van der Waals surface area contributed by atoms with E-state index >= 15 is 0 Å². The fourth-order valence-corrected chi connectivity index (χ4v) is 3.70. The largest absolute Gasteiger partial charge is 0.357 e. The summed E-state index contributed by atoms with van der Waals surface area (Å²) in [5.74, 6) is -0.191. The smallest absolute Gasteiger partial charge is 0.123 e. The van der Waals surface area contributed by atoms with Crippen LogP contribution in [0.5, 0.6) is 0 Å². The van der Waals surface area contributed by atoms with Crippen molar-refractivity contribution in [2.45, 2.75) is 12.5 Å². The van der Waals surface area contributed by atoms with Gasteiger partial charge >= 0.3 is 0 Å². The van der Waals surface area contributed by atoms with E-state index in [2.05, 4.69) is 28.5 Å². The first-order chi connectivity index (χ1) is 11.8. The lowest BCUT2D eigenvalue weighted by molar-refractivity contribution is 0.550. The van der Waals surface area contributed by atoms with E-state index in [0.717, 1.165) is 46.2 Å². The summed E-state index contributed by atoms with van der Waals surface area (Å²) in [6.45, 7) is 0.857. The molecule has 5 rings (SSSR count). The third kappa shape index (κ3) is 2.03. The molecule has 1 unspecified atom stereocenters. The van der Waals surface area contributed by atoms with Crippen molar-refractivity contribution in [1.29, 1.82) is 0 Å². The minimum Gasteiger partial charge on any atom is -0.357 e. The molecule has 1 atom stereocenters. The molecular formula is C20H16FN3. The van der Waals surface area contributed by atoms with Crippen LogP contribution in [0.1, 0.15) is 23.0 Å². The predicted molar refractivity (Wildman–Crippen MR) is 93.5 cm³/mol. The van der Waals surface area contributed by atoms with Gasteiger partial charge in [0.15, 0.2) is 0 Å². The molecule has 4 aromatic rings. The molecule has 4 heteroatoms. The van der Waals surface area contributed by atoms with Crippen molar-refractivity contribution in [2.24, 2.45) is 0 Å². The lowest BCUT2D eigenvalue weighted by atomic mass is 9.96. The SMILES string of the molecule is Fc1ccc2[nH]c3c(c2c1)CCNC3c1ccc2ccccc2n1. The first-order valence-corrected chi connectivity index (χ1v) is 8.19. The van der Waals surface area contributed by atoms with E-state index in [4.69, 9.17) is 4.98 Å². The molecule has 2 aromatic carbocycles. The number of nitrogens with one attached hydrogen (secondary N) is 2. The minimum absolute atomic E-state index is 0.00816. The van der Waals surface area contributed by atoms with E-state index in [1.807, 2.05) is 24.3 Å². The number of hydrogen-bond donors (Lipinski definition) is 2. The summed E-state index contributed by atoms with van der Waals surface area (Å²) in [5.41, 5.74) is 5.26. The van der Waals surface area contributed by atoms with Crippen molar-refractivity contribution >= 4 is 21.8 Å². The van der Waals surface area contributed by atoms with Crippen LogP contribution in [0.25, 0.3) is 21.8 Å². The maximum Gasteiger partial charge on any atom is 0.123 e. The average molecular weight is 317 g/mol. The first kappa shape index (κ1) is 13.7.